The summed E-state index contributed by atoms with van der Waals surface area (Å²) in [6.07, 6.45) is 0.945. The molecule has 0 saturated heterocycles. The number of para-hydroxylation sites is 1. The number of thiophene rings is 2. The third-order valence-electron chi connectivity index (χ3n) is 4.83. The Labute approximate surface area is 171 Å². The predicted molar refractivity (Wildman–Crippen MR) is 112 cm³/mol. The number of benzene rings is 1. The second-order valence-corrected chi connectivity index (χ2v) is 8.50. The van der Waals surface area contributed by atoms with Crippen molar-refractivity contribution in [2.75, 3.05) is 25.5 Å². The van der Waals surface area contributed by atoms with Crippen molar-refractivity contribution < 1.29 is 14.3 Å². The summed E-state index contributed by atoms with van der Waals surface area (Å²) < 4.78 is 4.81. The van der Waals surface area contributed by atoms with Gasteiger partial charge in [0.25, 0.3) is 0 Å². The molecule has 1 aromatic carbocycles. The molecular weight excluding hydrogens is 392 g/mol. The third-order valence-corrected chi connectivity index (χ3v) is 6.75. The molecule has 3 heterocycles. The van der Waals surface area contributed by atoms with Crippen molar-refractivity contribution in [3.63, 3.8) is 0 Å². The lowest BCUT2D eigenvalue weighted by molar-refractivity contribution is -0.117. The van der Waals surface area contributed by atoms with E-state index < -0.39 is 5.97 Å². The fraction of sp³-hybridized carbons (Fsp3) is 0.238. The quantitative estimate of drug-likeness (QED) is 0.639. The zero-order chi connectivity index (χ0) is 19.5. The number of ether oxygens (including phenoxy) is 1. The van der Waals surface area contributed by atoms with Crippen molar-refractivity contribution in [1.82, 2.24) is 4.90 Å². The summed E-state index contributed by atoms with van der Waals surface area (Å²) in [5.74, 6) is -0.607. The third kappa shape index (κ3) is 3.73. The lowest BCUT2D eigenvalue weighted by Gasteiger charge is -2.34. The van der Waals surface area contributed by atoms with Crippen LogP contribution in [0.1, 0.15) is 31.7 Å². The van der Waals surface area contributed by atoms with Crippen molar-refractivity contribution in [2.45, 2.75) is 12.5 Å². The Bertz CT molecular complexity index is 981. The number of amides is 1. The molecular formula is C21H20N2O3S2. The topological polar surface area (TPSA) is 58.6 Å². The average Bonchev–Trinajstić information content (AvgIpc) is 3.39. The molecule has 0 fully saturated rings. The molecule has 4 rings (SSSR count). The van der Waals surface area contributed by atoms with Gasteiger partial charge >= 0.3 is 5.97 Å². The van der Waals surface area contributed by atoms with Crippen LogP contribution in [0.15, 0.2) is 53.2 Å². The Morgan fingerprint density at radius 1 is 1.14 bits per heavy atom. The first-order valence-corrected chi connectivity index (χ1v) is 10.7. The van der Waals surface area contributed by atoms with Gasteiger partial charge < -0.3 is 10.1 Å². The number of carbonyl (C=O) groups excluding carboxylic acids is 2. The molecule has 0 saturated carbocycles. The minimum Gasteiger partial charge on any atom is -0.465 e. The van der Waals surface area contributed by atoms with Crippen LogP contribution in [0.4, 0.5) is 5.69 Å². The number of esters is 1. The van der Waals surface area contributed by atoms with Crippen molar-refractivity contribution >= 4 is 40.2 Å². The minimum absolute atomic E-state index is 0.0941. The number of hydrogen-bond donors (Lipinski definition) is 1. The molecule has 5 nitrogen and oxygen atoms in total. The largest absolute Gasteiger partial charge is 0.465 e. The Kier molecular flexibility index (Phi) is 5.57. The van der Waals surface area contributed by atoms with Gasteiger partial charge in [-0.1, -0.05) is 18.2 Å². The van der Waals surface area contributed by atoms with Crippen LogP contribution in [0, 0.1) is 0 Å². The molecule has 1 aliphatic heterocycles. The van der Waals surface area contributed by atoms with Gasteiger partial charge in [0, 0.05) is 16.3 Å². The molecule has 1 aliphatic rings. The van der Waals surface area contributed by atoms with Crippen LogP contribution in [-0.2, 0) is 16.0 Å². The van der Waals surface area contributed by atoms with E-state index in [4.69, 9.17) is 4.74 Å². The summed E-state index contributed by atoms with van der Waals surface area (Å²) in [6, 6.07) is 13.3. The van der Waals surface area contributed by atoms with E-state index in [2.05, 4.69) is 33.1 Å². The first-order valence-electron chi connectivity index (χ1n) is 8.98. The van der Waals surface area contributed by atoms with Gasteiger partial charge in [0.05, 0.1) is 30.9 Å². The van der Waals surface area contributed by atoms with Gasteiger partial charge in [-0.05, 0) is 47.0 Å². The zero-order valence-electron chi connectivity index (χ0n) is 15.4. The molecule has 144 valence electrons. The minimum atomic E-state index is -0.465. The standard InChI is InChI=1S/C21H20N2O3S2/c1-26-21(25)14-5-2-3-6-16(14)22-19(24)13-23-10-8-17-15(9-12-28-17)20(23)18-7-4-11-27-18/h2-7,9,11-12,20H,8,10,13H2,1H3,(H,22,24)/t20-/m1/s1. The highest BCUT2D eigenvalue weighted by Crippen LogP contribution is 2.39. The predicted octanol–water partition coefficient (Wildman–Crippen LogP) is 4.18. The van der Waals surface area contributed by atoms with Crippen molar-refractivity contribution in [1.29, 1.82) is 0 Å². The molecule has 7 heteroatoms. The van der Waals surface area contributed by atoms with Gasteiger partial charge in [-0.2, -0.15) is 0 Å². The van der Waals surface area contributed by atoms with Crippen molar-refractivity contribution in [3.05, 3.63) is 74.1 Å². The molecule has 3 aromatic rings. The molecule has 0 unspecified atom stereocenters. The molecule has 28 heavy (non-hydrogen) atoms. The summed E-state index contributed by atoms with van der Waals surface area (Å²) in [4.78, 5) is 29.6. The molecule has 0 radical (unpaired) electrons. The molecule has 1 atom stereocenters. The van der Waals surface area contributed by atoms with Crippen molar-refractivity contribution in [2.24, 2.45) is 0 Å². The van der Waals surface area contributed by atoms with Crippen LogP contribution < -0.4 is 5.32 Å². The summed E-state index contributed by atoms with van der Waals surface area (Å²) in [5, 5.41) is 7.08. The number of nitrogens with one attached hydrogen (secondary N) is 1. The lowest BCUT2D eigenvalue weighted by atomic mass is 9.98. The van der Waals surface area contributed by atoms with Crippen LogP contribution in [0.3, 0.4) is 0 Å². The maximum Gasteiger partial charge on any atom is 0.339 e. The van der Waals surface area contributed by atoms with Crippen molar-refractivity contribution in [3.8, 4) is 0 Å². The average molecular weight is 413 g/mol. The first-order chi connectivity index (χ1) is 13.7. The van der Waals surface area contributed by atoms with E-state index >= 15 is 0 Å². The summed E-state index contributed by atoms with van der Waals surface area (Å²) >= 11 is 3.49. The second kappa shape index (κ2) is 8.26. The number of anilines is 1. The maximum absolute atomic E-state index is 12.8. The smallest absolute Gasteiger partial charge is 0.339 e. The van der Waals surface area contributed by atoms with E-state index in [1.165, 1.54) is 22.4 Å². The van der Waals surface area contributed by atoms with E-state index in [1.54, 1.807) is 46.9 Å². The highest BCUT2D eigenvalue weighted by atomic mass is 32.1. The monoisotopic (exact) mass is 412 g/mol. The Morgan fingerprint density at radius 2 is 2.00 bits per heavy atom. The second-order valence-electron chi connectivity index (χ2n) is 6.52. The lowest BCUT2D eigenvalue weighted by Crippen LogP contribution is -2.40. The van der Waals surface area contributed by atoms with Gasteiger partial charge in [0.1, 0.15) is 0 Å². The Morgan fingerprint density at radius 3 is 2.79 bits per heavy atom. The van der Waals surface area contributed by atoms with Gasteiger partial charge in [0.2, 0.25) is 5.91 Å². The fourth-order valence-electron chi connectivity index (χ4n) is 3.57. The fourth-order valence-corrected chi connectivity index (χ4v) is 5.35. The van der Waals surface area contributed by atoms with Crippen LogP contribution in [0.5, 0.6) is 0 Å². The van der Waals surface area contributed by atoms with E-state index in [0.717, 1.165) is 13.0 Å². The van der Waals surface area contributed by atoms with Gasteiger partial charge in [-0.15, -0.1) is 22.7 Å². The SMILES string of the molecule is COC(=O)c1ccccc1NC(=O)CN1CCc2sccc2[C@@H]1c1cccs1. The van der Waals surface area contributed by atoms with Gasteiger partial charge in [-0.25, -0.2) is 4.79 Å². The van der Waals surface area contributed by atoms with E-state index in [1.807, 2.05) is 6.07 Å². The van der Waals surface area contributed by atoms with Crippen LogP contribution in [0.2, 0.25) is 0 Å². The zero-order valence-corrected chi connectivity index (χ0v) is 17.0. The highest BCUT2D eigenvalue weighted by molar-refractivity contribution is 7.10. The molecule has 2 aromatic heterocycles. The molecule has 1 amide bonds. The van der Waals surface area contributed by atoms with Crippen LogP contribution in [0.25, 0.3) is 0 Å². The van der Waals surface area contributed by atoms with Gasteiger partial charge in [-0.3, -0.25) is 9.69 Å². The Balaban J connectivity index is 1.54. The molecule has 0 spiro atoms. The molecule has 0 aliphatic carbocycles. The van der Waals surface area contributed by atoms with E-state index in [-0.39, 0.29) is 18.5 Å². The number of hydrogen-bond acceptors (Lipinski definition) is 6. The van der Waals surface area contributed by atoms with Crippen LogP contribution in [-0.4, -0.2) is 37.0 Å². The van der Waals surface area contributed by atoms with Crippen LogP contribution >= 0.6 is 22.7 Å². The summed E-state index contributed by atoms with van der Waals surface area (Å²) in [5.41, 5.74) is 2.12. The molecule has 1 N–H and O–H groups in total. The number of carbonyl (C=O) groups is 2. The van der Waals surface area contributed by atoms with E-state index in [0.29, 0.717) is 11.3 Å². The van der Waals surface area contributed by atoms with E-state index in [9.17, 15) is 9.59 Å². The number of fused-ring (bicyclic) bond motifs is 1. The number of nitrogens with zero attached hydrogens (tertiary/aromatic N) is 1. The highest BCUT2D eigenvalue weighted by Gasteiger charge is 2.31. The summed E-state index contributed by atoms with van der Waals surface area (Å²) in [6.45, 7) is 1.08. The normalized spacial score (nSPS) is 16.4. The Hall–Kier alpha value is -2.48. The number of rotatable bonds is 5. The number of methoxy groups -OCH3 is 1. The summed E-state index contributed by atoms with van der Waals surface area (Å²) in [7, 11) is 1.33. The first kappa shape index (κ1) is 18.9. The molecule has 0 bridgehead atoms. The van der Waals surface area contributed by atoms with Gasteiger partial charge in [0.15, 0.2) is 0 Å². The maximum atomic E-state index is 12.8.